The molecule has 148 valence electrons. The summed E-state index contributed by atoms with van der Waals surface area (Å²) in [5.41, 5.74) is 1.65. The zero-order valence-electron chi connectivity index (χ0n) is 15.4. The number of carbonyl (C=O) groups excluding carboxylic acids is 2. The highest BCUT2D eigenvalue weighted by molar-refractivity contribution is 7.89. The maximum Gasteiger partial charge on any atom is 0.255 e. The highest BCUT2D eigenvalue weighted by Crippen LogP contribution is 2.15. The second kappa shape index (κ2) is 8.63. The molecule has 8 nitrogen and oxygen atoms in total. The number of hydrogen-bond donors (Lipinski definition) is 3. The average molecular weight is 410 g/mol. The van der Waals surface area contributed by atoms with Crippen molar-refractivity contribution in [3.8, 4) is 0 Å². The number of nitrogens with zero attached hydrogens (tertiary/aromatic N) is 1. The lowest BCUT2D eigenvalue weighted by molar-refractivity contribution is 0.101. The van der Waals surface area contributed by atoms with E-state index in [1.54, 1.807) is 42.6 Å². The molecule has 29 heavy (non-hydrogen) atoms. The molecule has 0 unspecified atom stereocenters. The number of nitrogens with one attached hydrogen (secondary N) is 3. The third-order valence-electron chi connectivity index (χ3n) is 4.00. The monoisotopic (exact) mass is 410 g/mol. The Morgan fingerprint density at radius 3 is 2.17 bits per heavy atom. The van der Waals surface area contributed by atoms with Crippen LogP contribution in [0.3, 0.4) is 0 Å². The third kappa shape index (κ3) is 5.03. The van der Waals surface area contributed by atoms with Crippen LogP contribution in [0.2, 0.25) is 0 Å². The van der Waals surface area contributed by atoms with E-state index in [-0.39, 0.29) is 16.4 Å². The summed E-state index contributed by atoms with van der Waals surface area (Å²) in [5, 5.41) is 5.39. The predicted molar refractivity (Wildman–Crippen MR) is 109 cm³/mol. The van der Waals surface area contributed by atoms with Crippen molar-refractivity contribution in [2.24, 2.45) is 0 Å². The fourth-order valence-electron chi connectivity index (χ4n) is 2.47. The van der Waals surface area contributed by atoms with Gasteiger partial charge < -0.3 is 10.6 Å². The summed E-state index contributed by atoms with van der Waals surface area (Å²) >= 11 is 0. The molecule has 0 fully saturated rings. The van der Waals surface area contributed by atoms with E-state index in [4.69, 9.17) is 0 Å². The fourth-order valence-corrected chi connectivity index (χ4v) is 3.25. The van der Waals surface area contributed by atoms with Crippen LogP contribution in [0.25, 0.3) is 0 Å². The number of hydrogen-bond acceptors (Lipinski definition) is 5. The summed E-state index contributed by atoms with van der Waals surface area (Å²) in [6, 6.07) is 15.5. The van der Waals surface area contributed by atoms with Crippen LogP contribution in [0.5, 0.6) is 0 Å². The lowest BCUT2D eigenvalue weighted by Crippen LogP contribution is -2.19. The first-order valence-corrected chi connectivity index (χ1v) is 10.0. The molecule has 0 aliphatic carbocycles. The van der Waals surface area contributed by atoms with Crippen molar-refractivity contribution in [2.45, 2.75) is 4.90 Å². The van der Waals surface area contributed by atoms with Gasteiger partial charge in [-0.1, -0.05) is 6.07 Å². The molecule has 0 saturated carbocycles. The largest absolute Gasteiger partial charge is 0.322 e. The van der Waals surface area contributed by atoms with E-state index in [1.165, 1.54) is 37.5 Å². The molecule has 3 rings (SSSR count). The molecule has 0 bridgehead atoms. The first-order valence-electron chi connectivity index (χ1n) is 8.55. The van der Waals surface area contributed by atoms with Crippen LogP contribution >= 0.6 is 0 Å². The number of anilines is 2. The Bertz CT molecular complexity index is 1130. The third-order valence-corrected chi connectivity index (χ3v) is 5.41. The van der Waals surface area contributed by atoms with Crippen molar-refractivity contribution in [3.05, 3.63) is 84.2 Å². The Balaban J connectivity index is 1.69. The lowest BCUT2D eigenvalue weighted by Gasteiger charge is -2.09. The molecule has 9 heteroatoms. The van der Waals surface area contributed by atoms with E-state index in [0.29, 0.717) is 16.9 Å². The molecule has 3 N–H and O–H groups in total. The molecule has 0 radical (unpaired) electrons. The summed E-state index contributed by atoms with van der Waals surface area (Å²) < 4.78 is 26.0. The second-order valence-electron chi connectivity index (χ2n) is 5.96. The zero-order valence-corrected chi connectivity index (χ0v) is 16.2. The van der Waals surface area contributed by atoms with Crippen LogP contribution < -0.4 is 15.4 Å². The van der Waals surface area contributed by atoms with Crippen LogP contribution in [0, 0.1) is 0 Å². The predicted octanol–water partition coefficient (Wildman–Crippen LogP) is 2.49. The molecule has 2 aromatic carbocycles. The molecule has 0 aliphatic heterocycles. The standard InChI is InChI=1S/C20H18N4O4S/c1-21-29(27,28)18-6-2-4-15(12-18)20(26)23-16-9-7-14(8-10-16)19(25)24-17-5-3-11-22-13-17/h2-13,21H,1H3,(H,23,26)(H,24,25). The summed E-state index contributed by atoms with van der Waals surface area (Å²) in [5.74, 6) is -0.772. The molecule has 0 aliphatic rings. The van der Waals surface area contributed by atoms with E-state index < -0.39 is 15.9 Å². The Morgan fingerprint density at radius 2 is 1.52 bits per heavy atom. The van der Waals surface area contributed by atoms with Crippen molar-refractivity contribution in [1.82, 2.24) is 9.71 Å². The van der Waals surface area contributed by atoms with Crippen molar-refractivity contribution in [1.29, 1.82) is 0 Å². The maximum absolute atomic E-state index is 12.4. The van der Waals surface area contributed by atoms with E-state index in [2.05, 4.69) is 20.3 Å². The Labute approximate surface area is 168 Å². The number of rotatable bonds is 6. The number of amides is 2. The molecular weight excluding hydrogens is 392 g/mol. The van der Waals surface area contributed by atoms with Crippen molar-refractivity contribution in [2.75, 3.05) is 17.7 Å². The summed E-state index contributed by atoms with van der Waals surface area (Å²) in [4.78, 5) is 28.6. The first-order chi connectivity index (χ1) is 13.9. The lowest BCUT2D eigenvalue weighted by atomic mass is 10.1. The molecule has 0 atom stereocenters. The highest BCUT2D eigenvalue weighted by atomic mass is 32.2. The molecule has 1 heterocycles. The van der Waals surface area contributed by atoms with Gasteiger partial charge in [0.15, 0.2) is 0 Å². The van der Waals surface area contributed by atoms with Gasteiger partial charge in [-0.25, -0.2) is 13.1 Å². The van der Waals surface area contributed by atoms with Gasteiger partial charge in [0, 0.05) is 23.0 Å². The Kier molecular flexibility index (Phi) is 6.01. The molecule has 0 spiro atoms. The maximum atomic E-state index is 12.4. The van der Waals surface area contributed by atoms with E-state index in [0.717, 1.165) is 0 Å². The van der Waals surface area contributed by atoms with E-state index in [1.807, 2.05) is 0 Å². The van der Waals surface area contributed by atoms with Gasteiger partial charge in [0.2, 0.25) is 10.0 Å². The summed E-state index contributed by atoms with van der Waals surface area (Å²) in [7, 11) is -2.35. The van der Waals surface area contributed by atoms with Crippen LogP contribution in [-0.4, -0.2) is 32.3 Å². The summed E-state index contributed by atoms with van der Waals surface area (Å²) in [6.07, 6.45) is 3.14. The number of benzene rings is 2. The average Bonchev–Trinajstić information content (AvgIpc) is 2.75. The van der Waals surface area contributed by atoms with E-state index in [9.17, 15) is 18.0 Å². The normalized spacial score (nSPS) is 10.9. The van der Waals surface area contributed by atoms with Crippen molar-refractivity contribution in [3.63, 3.8) is 0 Å². The van der Waals surface area contributed by atoms with Gasteiger partial charge in [-0.15, -0.1) is 0 Å². The van der Waals surface area contributed by atoms with Gasteiger partial charge in [0.05, 0.1) is 16.8 Å². The van der Waals surface area contributed by atoms with E-state index >= 15 is 0 Å². The highest BCUT2D eigenvalue weighted by Gasteiger charge is 2.14. The minimum Gasteiger partial charge on any atom is -0.322 e. The molecule has 3 aromatic rings. The number of sulfonamides is 1. The Morgan fingerprint density at radius 1 is 0.828 bits per heavy atom. The number of pyridine rings is 1. The van der Waals surface area contributed by atoms with Gasteiger partial charge >= 0.3 is 0 Å². The second-order valence-corrected chi connectivity index (χ2v) is 7.85. The number of aromatic nitrogens is 1. The SMILES string of the molecule is CNS(=O)(=O)c1cccc(C(=O)Nc2ccc(C(=O)Nc3cccnc3)cc2)c1. The van der Waals surface area contributed by atoms with Gasteiger partial charge in [-0.2, -0.15) is 0 Å². The minimum atomic E-state index is -3.65. The molecule has 0 saturated heterocycles. The van der Waals surface area contributed by atoms with Gasteiger partial charge in [0.1, 0.15) is 0 Å². The van der Waals surface area contributed by atoms with Crippen LogP contribution in [0.15, 0.2) is 78.0 Å². The van der Waals surface area contributed by atoms with Crippen molar-refractivity contribution < 1.29 is 18.0 Å². The van der Waals surface area contributed by atoms with Crippen molar-refractivity contribution >= 4 is 33.2 Å². The topological polar surface area (TPSA) is 117 Å². The van der Waals surface area contributed by atoms with Gasteiger partial charge in [-0.3, -0.25) is 14.6 Å². The molecule has 1 aromatic heterocycles. The van der Waals surface area contributed by atoms with Gasteiger partial charge in [0.25, 0.3) is 11.8 Å². The minimum absolute atomic E-state index is 0.00456. The molecule has 2 amide bonds. The van der Waals surface area contributed by atoms with Crippen LogP contribution in [-0.2, 0) is 10.0 Å². The quantitative estimate of drug-likeness (QED) is 0.577. The Hall–Kier alpha value is -3.56. The van der Waals surface area contributed by atoms with Crippen LogP contribution in [0.4, 0.5) is 11.4 Å². The fraction of sp³-hybridized carbons (Fsp3) is 0.0500. The smallest absolute Gasteiger partial charge is 0.255 e. The number of carbonyl (C=O) groups is 2. The van der Waals surface area contributed by atoms with Crippen LogP contribution in [0.1, 0.15) is 20.7 Å². The summed E-state index contributed by atoms with van der Waals surface area (Å²) in [6.45, 7) is 0. The molecular formula is C20H18N4O4S. The van der Waals surface area contributed by atoms with Gasteiger partial charge in [-0.05, 0) is 61.6 Å². The zero-order chi connectivity index (χ0) is 20.9. The first kappa shape index (κ1) is 20.2.